The maximum absolute atomic E-state index is 12.9. The Labute approximate surface area is 105 Å². The van der Waals surface area contributed by atoms with E-state index >= 15 is 0 Å². The molecule has 0 bridgehead atoms. The fourth-order valence-electron chi connectivity index (χ4n) is 1.80. The molecule has 0 aliphatic heterocycles. The number of nitrogens with zero attached hydrogens (tertiary/aromatic N) is 3. The third-order valence-corrected chi connectivity index (χ3v) is 2.63. The lowest BCUT2D eigenvalue weighted by Crippen LogP contribution is -2.12. The predicted octanol–water partition coefficient (Wildman–Crippen LogP) is 0.512. The lowest BCUT2D eigenvalue weighted by atomic mass is 10.1. The van der Waals surface area contributed by atoms with Gasteiger partial charge in [0.25, 0.3) is 5.56 Å². The van der Waals surface area contributed by atoms with Gasteiger partial charge in [0.05, 0.1) is 0 Å². The molecule has 8 heteroatoms. The lowest BCUT2D eigenvalue weighted by Gasteiger charge is -2.04. The van der Waals surface area contributed by atoms with E-state index in [1.807, 2.05) is 0 Å². The zero-order chi connectivity index (χ0) is 13.6. The van der Waals surface area contributed by atoms with Crippen LogP contribution in [0, 0.1) is 5.82 Å². The van der Waals surface area contributed by atoms with Crippen LogP contribution in [0.2, 0.25) is 0 Å². The number of hydrogen-bond donors (Lipinski definition) is 3. The van der Waals surface area contributed by atoms with Crippen molar-refractivity contribution in [2.75, 3.05) is 5.73 Å². The molecule has 4 N–H and O–H groups in total. The van der Waals surface area contributed by atoms with E-state index in [0.29, 0.717) is 5.56 Å². The second kappa shape index (κ2) is 3.80. The average molecular weight is 261 g/mol. The van der Waals surface area contributed by atoms with Crippen molar-refractivity contribution < 1.29 is 9.50 Å². The summed E-state index contributed by atoms with van der Waals surface area (Å²) in [6.07, 6.45) is 0. The van der Waals surface area contributed by atoms with E-state index in [2.05, 4.69) is 15.1 Å². The second-order valence-corrected chi connectivity index (χ2v) is 3.87. The first-order valence-corrected chi connectivity index (χ1v) is 5.29. The van der Waals surface area contributed by atoms with Gasteiger partial charge in [-0.3, -0.25) is 9.78 Å². The maximum atomic E-state index is 12.9. The van der Waals surface area contributed by atoms with Crippen LogP contribution in [-0.2, 0) is 0 Å². The highest BCUT2D eigenvalue weighted by Crippen LogP contribution is 2.25. The van der Waals surface area contributed by atoms with Crippen LogP contribution in [0.3, 0.4) is 0 Å². The topological polar surface area (TPSA) is 109 Å². The van der Waals surface area contributed by atoms with Crippen molar-refractivity contribution in [1.82, 2.24) is 19.6 Å². The minimum atomic E-state index is -0.566. The number of halogens is 1. The maximum Gasteiger partial charge on any atom is 0.264 e. The monoisotopic (exact) mass is 261 g/mol. The molecule has 0 fully saturated rings. The third kappa shape index (κ3) is 1.69. The Hall–Kier alpha value is -2.90. The molecule has 0 amide bonds. The first-order valence-electron chi connectivity index (χ1n) is 5.29. The molecule has 0 radical (unpaired) electrons. The van der Waals surface area contributed by atoms with Gasteiger partial charge in [0.1, 0.15) is 11.4 Å². The summed E-state index contributed by atoms with van der Waals surface area (Å²) in [4.78, 5) is 18.1. The van der Waals surface area contributed by atoms with Gasteiger partial charge in [0, 0.05) is 0 Å². The summed E-state index contributed by atoms with van der Waals surface area (Å²) in [5.41, 5.74) is 5.15. The number of H-pyrrole nitrogens is 1. The first-order chi connectivity index (χ1) is 9.06. The highest BCUT2D eigenvalue weighted by atomic mass is 19.1. The van der Waals surface area contributed by atoms with Crippen molar-refractivity contribution in [3.63, 3.8) is 0 Å². The molecule has 0 aliphatic rings. The van der Waals surface area contributed by atoms with Gasteiger partial charge in [0.15, 0.2) is 0 Å². The number of aromatic amines is 1. The number of anilines is 1. The number of nitrogens with one attached hydrogen (secondary N) is 1. The molecular formula is C11H8FN5O2. The molecule has 0 saturated carbocycles. The molecular weight excluding hydrogens is 253 g/mol. The number of rotatable bonds is 1. The van der Waals surface area contributed by atoms with E-state index in [1.165, 1.54) is 24.3 Å². The van der Waals surface area contributed by atoms with Gasteiger partial charge in [-0.1, -0.05) is 12.1 Å². The summed E-state index contributed by atoms with van der Waals surface area (Å²) < 4.78 is 13.9. The molecule has 3 aromatic rings. The fourth-order valence-corrected chi connectivity index (χ4v) is 1.80. The molecule has 19 heavy (non-hydrogen) atoms. The van der Waals surface area contributed by atoms with Crippen LogP contribution in [0.4, 0.5) is 10.3 Å². The molecule has 96 valence electrons. The quantitative estimate of drug-likeness (QED) is 0.591. The number of aromatic nitrogens is 4. The highest BCUT2D eigenvalue weighted by Gasteiger charge is 2.16. The predicted molar refractivity (Wildman–Crippen MR) is 65.1 cm³/mol. The van der Waals surface area contributed by atoms with Crippen molar-refractivity contribution >= 4 is 11.7 Å². The Morgan fingerprint density at radius 3 is 2.68 bits per heavy atom. The SMILES string of the molecule is Nc1nc2[nH]c(=O)c(-c3ccc(F)cc3)c(O)n2n1. The van der Waals surface area contributed by atoms with Crippen LogP contribution >= 0.6 is 0 Å². The van der Waals surface area contributed by atoms with Gasteiger partial charge in [-0.25, -0.2) is 4.39 Å². The number of nitrogen functional groups attached to an aromatic ring is 1. The fraction of sp³-hybridized carbons (Fsp3) is 0. The summed E-state index contributed by atoms with van der Waals surface area (Å²) in [5, 5.41) is 13.8. The Bertz CT molecular complexity index is 821. The summed E-state index contributed by atoms with van der Waals surface area (Å²) in [7, 11) is 0. The van der Waals surface area contributed by atoms with Gasteiger partial charge in [-0.05, 0) is 17.7 Å². The van der Waals surface area contributed by atoms with Crippen LogP contribution in [-0.4, -0.2) is 24.7 Å². The number of hydrogen-bond acceptors (Lipinski definition) is 5. The molecule has 0 unspecified atom stereocenters. The number of fused-ring (bicyclic) bond motifs is 1. The van der Waals surface area contributed by atoms with E-state index in [0.717, 1.165) is 4.52 Å². The Kier molecular flexibility index (Phi) is 2.24. The first kappa shape index (κ1) is 11.2. The molecule has 0 atom stereocenters. The molecule has 1 aromatic carbocycles. The van der Waals surface area contributed by atoms with E-state index < -0.39 is 17.3 Å². The summed E-state index contributed by atoms with van der Waals surface area (Å²) in [6.45, 7) is 0. The normalized spacial score (nSPS) is 11.0. The Morgan fingerprint density at radius 1 is 1.32 bits per heavy atom. The van der Waals surface area contributed by atoms with Gasteiger partial charge >= 0.3 is 0 Å². The van der Waals surface area contributed by atoms with E-state index in [9.17, 15) is 14.3 Å². The third-order valence-electron chi connectivity index (χ3n) is 2.63. The van der Waals surface area contributed by atoms with Crippen molar-refractivity contribution in [2.24, 2.45) is 0 Å². The van der Waals surface area contributed by atoms with Crippen molar-refractivity contribution in [3.8, 4) is 17.0 Å². The molecule has 0 aliphatic carbocycles. The second-order valence-electron chi connectivity index (χ2n) is 3.87. The molecule has 2 aromatic heterocycles. The number of nitrogens with two attached hydrogens (primary N) is 1. The zero-order valence-corrected chi connectivity index (χ0v) is 9.46. The Balaban J connectivity index is 2.34. The molecule has 7 nitrogen and oxygen atoms in total. The number of benzene rings is 1. The van der Waals surface area contributed by atoms with Crippen molar-refractivity contribution in [1.29, 1.82) is 0 Å². The molecule has 0 saturated heterocycles. The minimum absolute atomic E-state index is 0.0302. The summed E-state index contributed by atoms with van der Waals surface area (Å²) >= 11 is 0. The van der Waals surface area contributed by atoms with Crippen LogP contribution < -0.4 is 11.3 Å². The zero-order valence-electron chi connectivity index (χ0n) is 9.46. The smallest absolute Gasteiger partial charge is 0.264 e. The van der Waals surface area contributed by atoms with Gasteiger partial charge < -0.3 is 10.8 Å². The lowest BCUT2D eigenvalue weighted by molar-refractivity contribution is 0.437. The van der Waals surface area contributed by atoms with Gasteiger partial charge in [0.2, 0.25) is 17.6 Å². The molecule has 0 spiro atoms. The van der Waals surface area contributed by atoms with Crippen LogP contribution in [0.15, 0.2) is 29.1 Å². The van der Waals surface area contributed by atoms with E-state index in [-0.39, 0.29) is 17.3 Å². The van der Waals surface area contributed by atoms with Crippen molar-refractivity contribution in [3.05, 3.63) is 40.4 Å². The number of aromatic hydroxyl groups is 1. The largest absolute Gasteiger partial charge is 0.493 e. The summed E-state index contributed by atoms with van der Waals surface area (Å²) in [6, 6.07) is 5.14. The molecule has 3 rings (SSSR count). The van der Waals surface area contributed by atoms with Gasteiger partial charge in [-0.2, -0.15) is 9.50 Å². The van der Waals surface area contributed by atoms with Crippen LogP contribution in [0.25, 0.3) is 16.9 Å². The Morgan fingerprint density at radius 2 is 2.00 bits per heavy atom. The van der Waals surface area contributed by atoms with Crippen LogP contribution in [0.5, 0.6) is 5.88 Å². The van der Waals surface area contributed by atoms with Gasteiger partial charge in [-0.15, -0.1) is 5.10 Å². The summed E-state index contributed by atoms with van der Waals surface area (Å²) in [5.74, 6) is -0.895. The highest BCUT2D eigenvalue weighted by molar-refractivity contribution is 5.68. The average Bonchev–Trinajstić information content (AvgIpc) is 2.72. The minimum Gasteiger partial charge on any atom is -0.493 e. The van der Waals surface area contributed by atoms with E-state index in [1.54, 1.807) is 0 Å². The molecule has 2 heterocycles. The van der Waals surface area contributed by atoms with Crippen molar-refractivity contribution in [2.45, 2.75) is 0 Å². The van der Waals surface area contributed by atoms with Crippen LogP contribution in [0.1, 0.15) is 0 Å². The standard InChI is InChI=1S/C11H8FN5O2/c12-6-3-1-5(2-4-6)7-8(18)14-11-15-10(13)16-17(11)9(7)19/h1-4,19H,(H3,13,14,15,16,18). The van der Waals surface area contributed by atoms with E-state index in [4.69, 9.17) is 5.73 Å².